The van der Waals surface area contributed by atoms with Gasteiger partial charge in [-0.25, -0.2) is 18.2 Å². The smallest absolute Gasteiger partial charge is 0.350 e. The molecule has 2 aromatic heterocycles. The van der Waals surface area contributed by atoms with Crippen molar-refractivity contribution in [3.63, 3.8) is 0 Å². The number of carbonyl (C=O) groups is 2. The molecule has 0 bridgehead atoms. The molecule has 0 aliphatic carbocycles. The Morgan fingerprint density at radius 2 is 1.94 bits per heavy atom. The highest BCUT2D eigenvalue weighted by Gasteiger charge is 2.21. The van der Waals surface area contributed by atoms with E-state index in [9.17, 15) is 18.0 Å². The maximum Gasteiger partial charge on any atom is 0.350 e. The van der Waals surface area contributed by atoms with Crippen molar-refractivity contribution in [2.75, 3.05) is 17.7 Å². The van der Waals surface area contributed by atoms with Gasteiger partial charge in [0, 0.05) is 7.05 Å². The number of thioether (sulfide) groups is 1. The number of thiazole rings is 1. The van der Waals surface area contributed by atoms with Crippen LogP contribution in [-0.4, -0.2) is 52.4 Å². The van der Waals surface area contributed by atoms with Gasteiger partial charge in [0.15, 0.2) is 20.1 Å². The van der Waals surface area contributed by atoms with Gasteiger partial charge >= 0.3 is 5.97 Å². The molecule has 0 aliphatic heterocycles. The summed E-state index contributed by atoms with van der Waals surface area (Å²) in [5, 5.41) is 11.3. The van der Waals surface area contributed by atoms with Gasteiger partial charge in [-0.1, -0.05) is 41.3 Å². The van der Waals surface area contributed by atoms with Crippen LogP contribution in [0.2, 0.25) is 0 Å². The monoisotopic (exact) mass is 495 g/mol. The largest absolute Gasteiger partial charge is 0.462 e. The maximum absolute atomic E-state index is 12.6. The van der Waals surface area contributed by atoms with Gasteiger partial charge in [-0.05, 0) is 26.0 Å². The standard InChI is InChI=1S/C19H21N5O5S3/c1-4-29-17(26)16-12(2)20-18(31-16)21-15(25)10-30-19-23-22-14(24(19)3)11-32(27,28)13-8-6-5-7-9-13/h5-9H,4,10-11H2,1-3H3,(H,20,21,25). The van der Waals surface area contributed by atoms with Crippen LogP contribution < -0.4 is 5.32 Å². The SMILES string of the molecule is CCOC(=O)c1sc(NC(=O)CSc2nnc(CS(=O)(=O)c3ccccc3)n2C)nc1C. The first-order chi connectivity index (χ1) is 15.2. The van der Waals surface area contributed by atoms with Gasteiger partial charge in [0.1, 0.15) is 16.5 Å². The number of carbonyl (C=O) groups excluding carboxylic acids is 2. The summed E-state index contributed by atoms with van der Waals surface area (Å²) in [4.78, 5) is 28.9. The number of amides is 1. The predicted molar refractivity (Wildman–Crippen MR) is 120 cm³/mol. The van der Waals surface area contributed by atoms with Crippen molar-refractivity contribution in [3.8, 4) is 0 Å². The fourth-order valence-electron chi connectivity index (χ4n) is 2.60. The first-order valence-corrected chi connectivity index (χ1v) is 12.9. The van der Waals surface area contributed by atoms with Crippen molar-refractivity contribution >= 4 is 49.9 Å². The number of hydrogen-bond donors (Lipinski definition) is 1. The second-order valence-corrected chi connectivity index (χ2v) is 10.5. The lowest BCUT2D eigenvalue weighted by Crippen LogP contribution is -2.14. The van der Waals surface area contributed by atoms with E-state index >= 15 is 0 Å². The molecule has 1 aromatic carbocycles. The predicted octanol–water partition coefficient (Wildman–Crippen LogP) is 2.46. The van der Waals surface area contributed by atoms with Crippen LogP contribution >= 0.6 is 23.1 Å². The molecule has 0 spiro atoms. The quantitative estimate of drug-likeness (QED) is 0.351. The minimum absolute atomic E-state index is 0.00474. The average Bonchev–Trinajstić information content (AvgIpc) is 3.29. The Balaban J connectivity index is 1.60. The highest BCUT2D eigenvalue weighted by Crippen LogP contribution is 2.24. The number of sulfone groups is 1. The normalized spacial score (nSPS) is 11.3. The molecule has 3 rings (SSSR count). The Kier molecular flexibility index (Phi) is 7.64. The topological polar surface area (TPSA) is 133 Å². The number of benzene rings is 1. The van der Waals surface area contributed by atoms with Gasteiger partial charge in [0.05, 0.1) is 22.9 Å². The van der Waals surface area contributed by atoms with E-state index in [0.29, 0.717) is 20.9 Å². The van der Waals surface area contributed by atoms with Crippen LogP contribution in [0.4, 0.5) is 5.13 Å². The van der Waals surface area contributed by atoms with Crippen LogP contribution in [0, 0.1) is 6.92 Å². The van der Waals surface area contributed by atoms with Crippen LogP contribution in [0.15, 0.2) is 40.4 Å². The maximum atomic E-state index is 12.6. The molecular formula is C19H21N5O5S3. The molecule has 0 unspecified atom stereocenters. The summed E-state index contributed by atoms with van der Waals surface area (Å²) >= 11 is 2.15. The Labute approximate surface area is 193 Å². The number of aryl methyl sites for hydroxylation is 1. The number of anilines is 1. The van der Waals surface area contributed by atoms with Gasteiger partial charge in [0.25, 0.3) is 0 Å². The molecule has 13 heteroatoms. The highest BCUT2D eigenvalue weighted by molar-refractivity contribution is 7.99. The summed E-state index contributed by atoms with van der Waals surface area (Å²) in [6, 6.07) is 8.11. The van der Waals surface area contributed by atoms with E-state index in [2.05, 4.69) is 20.5 Å². The van der Waals surface area contributed by atoms with Crippen LogP contribution in [0.1, 0.15) is 28.1 Å². The van der Waals surface area contributed by atoms with E-state index in [1.54, 1.807) is 43.7 Å². The molecule has 170 valence electrons. The molecule has 2 heterocycles. The minimum atomic E-state index is -3.56. The molecule has 0 saturated heterocycles. The van der Waals surface area contributed by atoms with Gasteiger partial charge in [-0.15, -0.1) is 10.2 Å². The van der Waals surface area contributed by atoms with E-state index < -0.39 is 15.8 Å². The summed E-state index contributed by atoms with van der Waals surface area (Å²) in [6.07, 6.45) is 0. The highest BCUT2D eigenvalue weighted by atomic mass is 32.2. The number of ether oxygens (including phenoxy) is 1. The fraction of sp³-hybridized carbons (Fsp3) is 0.316. The molecular weight excluding hydrogens is 474 g/mol. The average molecular weight is 496 g/mol. The molecule has 0 saturated carbocycles. The molecule has 32 heavy (non-hydrogen) atoms. The summed E-state index contributed by atoms with van der Waals surface area (Å²) in [5.74, 6) is -0.853. The van der Waals surface area contributed by atoms with Gasteiger partial charge < -0.3 is 14.6 Å². The zero-order valence-corrected chi connectivity index (χ0v) is 20.0. The third-order valence-electron chi connectivity index (χ3n) is 4.18. The van der Waals surface area contributed by atoms with Crippen LogP contribution in [0.3, 0.4) is 0 Å². The third kappa shape index (κ3) is 5.72. The molecule has 1 N–H and O–H groups in total. The lowest BCUT2D eigenvalue weighted by molar-refractivity contribution is -0.113. The number of aromatic nitrogens is 4. The second-order valence-electron chi connectivity index (χ2n) is 6.52. The van der Waals surface area contributed by atoms with Crippen molar-refractivity contribution in [3.05, 3.63) is 46.7 Å². The third-order valence-corrected chi connectivity index (χ3v) is 7.88. The molecule has 0 radical (unpaired) electrons. The van der Waals surface area contributed by atoms with Crippen LogP contribution in [-0.2, 0) is 32.2 Å². The van der Waals surface area contributed by atoms with Crippen molar-refractivity contribution < 1.29 is 22.7 Å². The number of rotatable bonds is 9. The van der Waals surface area contributed by atoms with E-state index in [-0.39, 0.29) is 34.7 Å². The van der Waals surface area contributed by atoms with Crippen molar-refractivity contribution in [1.82, 2.24) is 19.7 Å². The second kappa shape index (κ2) is 10.2. The minimum Gasteiger partial charge on any atom is -0.462 e. The Morgan fingerprint density at radius 3 is 2.62 bits per heavy atom. The molecule has 0 fully saturated rings. The van der Waals surface area contributed by atoms with Gasteiger partial charge in [-0.3, -0.25) is 4.79 Å². The number of nitrogens with one attached hydrogen (secondary N) is 1. The summed E-state index contributed by atoms with van der Waals surface area (Å²) in [6.45, 7) is 3.63. The fourth-order valence-corrected chi connectivity index (χ4v) is 5.54. The Bertz CT molecular complexity index is 1220. The lowest BCUT2D eigenvalue weighted by atomic mass is 10.4. The summed E-state index contributed by atoms with van der Waals surface area (Å²) in [5.41, 5.74) is 0.481. The van der Waals surface area contributed by atoms with E-state index in [1.165, 1.54) is 12.1 Å². The molecule has 3 aromatic rings. The summed E-state index contributed by atoms with van der Waals surface area (Å²) in [7, 11) is -1.92. The lowest BCUT2D eigenvalue weighted by Gasteiger charge is -2.05. The van der Waals surface area contributed by atoms with Crippen LogP contribution in [0.25, 0.3) is 0 Å². The van der Waals surface area contributed by atoms with E-state index in [0.717, 1.165) is 23.1 Å². The van der Waals surface area contributed by atoms with Crippen molar-refractivity contribution in [2.24, 2.45) is 7.05 Å². The Hall–Kier alpha value is -2.77. The number of esters is 1. The Morgan fingerprint density at radius 1 is 1.22 bits per heavy atom. The van der Waals surface area contributed by atoms with Crippen LogP contribution in [0.5, 0.6) is 0 Å². The molecule has 1 amide bonds. The van der Waals surface area contributed by atoms with E-state index in [1.807, 2.05) is 0 Å². The first-order valence-electron chi connectivity index (χ1n) is 9.44. The van der Waals surface area contributed by atoms with Gasteiger partial charge in [0.2, 0.25) is 5.91 Å². The zero-order chi connectivity index (χ0) is 23.3. The summed E-state index contributed by atoms with van der Waals surface area (Å²) < 4.78 is 31.6. The molecule has 10 nitrogen and oxygen atoms in total. The van der Waals surface area contributed by atoms with Crippen molar-refractivity contribution in [1.29, 1.82) is 0 Å². The number of nitrogens with zero attached hydrogens (tertiary/aromatic N) is 4. The first kappa shape index (κ1) is 23.9. The van der Waals surface area contributed by atoms with Crippen molar-refractivity contribution in [2.45, 2.75) is 29.7 Å². The van der Waals surface area contributed by atoms with E-state index in [4.69, 9.17) is 4.74 Å². The number of hydrogen-bond acceptors (Lipinski definition) is 10. The van der Waals surface area contributed by atoms with Gasteiger partial charge in [-0.2, -0.15) is 0 Å². The molecule has 0 aliphatic rings. The zero-order valence-electron chi connectivity index (χ0n) is 17.6. The molecule has 0 atom stereocenters.